The molecule has 0 aromatic carbocycles. The molecule has 0 heterocycles. The zero-order chi connectivity index (χ0) is 8.15. The summed E-state index contributed by atoms with van der Waals surface area (Å²) in [6.45, 7) is 1.31. The first kappa shape index (κ1) is 9.52. The molecule has 1 atom stereocenters. The number of hydrogen-bond acceptors (Lipinski definition) is 3. The van der Waals surface area contributed by atoms with E-state index >= 15 is 0 Å². The lowest BCUT2D eigenvalue weighted by molar-refractivity contribution is -0.132. The number of carbonyl (C=O) groups is 1. The molecule has 0 spiro atoms. The lowest BCUT2D eigenvalue weighted by atomic mass is 10.2. The Bertz CT molecular complexity index is 153. The van der Waals surface area contributed by atoms with E-state index in [4.69, 9.17) is 10.2 Å². The van der Waals surface area contributed by atoms with Gasteiger partial charge < -0.3 is 10.2 Å². The molecule has 0 amide bonds. The molecule has 0 aliphatic heterocycles. The lowest BCUT2D eigenvalue weighted by Gasteiger charge is -1.99. The smallest absolute Gasteiger partial charge is 0.330 e. The molecule has 10 heavy (non-hydrogen) atoms. The van der Waals surface area contributed by atoms with Gasteiger partial charge in [-0.3, -0.25) is 0 Å². The predicted octanol–water partition coefficient (Wildman–Crippen LogP) is 0.308. The van der Waals surface area contributed by atoms with E-state index in [0.29, 0.717) is 0 Å². The van der Waals surface area contributed by atoms with Crippen LogP contribution in [0.4, 0.5) is 0 Å². The largest absolute Gasteiger partial charge is 0.478 e. The van der Waals surface area contributed by atoms with E-state index in [0.717, 1.165) is 0 Å². The summed E-state index contributed by atoms with van der Waals surface area (Å²) in [5, 5.41) is 16.4. The van der Waals surface area contributed by atoms with Crippen molar-refractivity contribution in [2.45, 2.75) is 12.2 Å². The average molecular weight is 162 g/mol. The molecule has 0 bridgehead atoms. The van der Waals surface area contributed by atoms with Gasteiger partial charge in [0, 0.05) is 10.8 Å². The number of aliphatic hydroxyl groups excluding tert-OH is 1. The number of carboxylic acid groups (broad SMARTS) is 1. The maximum atomic E-state index is 10.2. The quantitative estimate of drug-likeness (QED) is 0.413. The van der Waals surface area contributed by atoms with Gasteiger partial charge in [-0.05, 0) is 6.92 Å². The fourth-order valence-electron chi connectivity index (χ4n) is 0.413. The minimum atomic E-state index is -0.979. The van der Waals surface area contributed by atoms with Crippen LogP contribution in [0.25, 0.3) is 0 Å². The molecular weight excluding hydrogens is 152 g/mol. The van der Waals surface area contributed by atoms with Gasteiger partial charge in [0.05, 0.1) is 6.61 Å². The molecule has 2 N–H and O–H groups in total. The molecule has 1 unspecified atom stereocenters. The number of rotatable bonds is 3. The SMILES string of the molecule is CC(=CC(S)CO)C(=O)O. The standard InChI is InChI=1S/C6H10O3S/c1-4(6(8)9)2-5(10)3-7/h2,5,7,10H,3H2,1H3,(H,8,9). The third-order valence-corrected chi connectivity index (χ3v) is 1.28. The minimum absolute atomic E-state index is 0.145. The Kier molecular flexibility index (Phi) is 4.14. The fraction of sp³-hybridized carbons (Fsp3) is 0.500. The number of carboxylic acids is 1. The van der Waals surface area contributed by atoms with Crippen molar-refractivity contribution in [3.05, 3.63) is 11.6 Å². The predicted molar refractivity (Wildman–Crippen MR) is 41.3 cm³/mol. The van der Waals surface area contributed by atoms with Crippen LogP contribution in [0.5, 0.6) is 0 Å². The monoisotopic (exact) mass is 162 g/mol. The van der Waals surface area contributed by atoms with Gasteiger partial charge in [-0.2, -0.15) is 12.6 Å². The Labute approximate surface area is 64.8 Å². The zero-order valence-corrected chi connectivity index (χ0v) is 6.51. The van der Waals surface area contributed by atoms with Crippen LogP contribution in [0, 0.1) is 0 Å². The number of aliphatic carboxylic acids is 1. The van der Waals surface area contributed by atoms with Crippen molar-refractivity contribution in [2.75, 3.05) is 6.61 Å². The number of aliphatic hydroxyl groups is 1. The topological polar surface area (TPSA) is 57.5 Å². The first-order valence-electron chi connectivity index (χ1n) is 2.78. The van der Waals surface area contributed by atoms with Gasteiger partial charge in [0.15, 0.2) is 0 Å². The van der Waals surface area contributed by atoms with Gasteiger partial charge in [0.2, 0.25) is 0 Å². The van der Waals surface area contributed by atoms with Gasteiger partial charge >= 0.3 is 5.97 Å². The molecule has 0 rings (SSSR count). The molecule has 0 fully saturated rings. The first-order chi connectivity index (χ1) is 4.57. The summed E-state index contributed by atoms with van der Waals surface area (Å²) in [7, 11) is 0. The van der Waals surface area contributed by atoms with Gasteiger partial charge in [-0.25, -0.2) is 4.79 Å². The van der Waals surface area contributed by atoms with E-state index in [2.05, 4.69) is 12.6 Å². The Morgan fingerprint density at radius 2 is 2.30 bits per heavy atom. The van der Waals surface area contributed by atoms with Gasteiger partial charge in [-0.15, -0.1) is 0 Å². The van der Waals surface area contributed by atoms with Crippen molar-refractivity contribution in [1.29, 1.82) is 0 Å². The third kappa shape index (κ3) is 3.53. The second kappa shape index (κ2) is 4.35. The second-order valence-electron chi connectivity index (χ2n) is 1.90. The first-order valence-corrected chi connectivity index (χ1v) is 3.30. The number of hydrogen-bond donors (Lipinski definition) is 3. The Morgan fingerprint density at radius 1 is 1.80 bits per heavy atom. The van der Waals surface area contributed by atoms with Crippen LogP contribution in [-0.4, -0.2) is 28.0 Å². The van der Waals surface area contributed by atoms with Crippen molar-refractivity contribution < 1.29 is 15.0 Å². The zero-order valence-electron chi connectivity index (χ0n) is 5.61. The molecule has 0 saturated carbocycles. The summed E-state index contributed by atoms with van der Waals surface area (Å²) in [6.07, 6.45) is 1.39. The van der Waals surface area contributed by atoms with E-state index < -0.39 is 5.97 Å². The normalized spacial score (nSPS) is 14.9. The highest BCUT2D eigenvalue weighted by Crippen LogP contribution is 2.00. The van der Waals surface area contributed by atoms with Crippen molar-refractivity contribution in [3.63, 3.8) is 0 Å². The molecule has 3 nitrogen and oxygen atoms in total. The van der Waals surface area contributed by atoms with Gasteiger partial charge in [0.25, 0.3) is 0 Å². The third-order valence-electron chi connectivity index (χ3n) is 0.967. The summed E-state index contributed by atoms with van der Waals surface area (Å²) >= 11 is 3.87. The second-order valence-corrected chi connectivity index (χ2v) is 2.57. The Morgan fingerprint density at radius 3 is 2.60 bits per heavy atom. The van der Waals surface area contributed by atoms with Crippen LogP contribution in [0.2, 0.25) is 0 Å². The molecule has 0 radical (unpaired) electrons. The van der Waals surface area contributed by atoms with Crippen molar-refractivity contribution >= 4 is 18.6 Å². The highest BCUT2D eigenvalue weighted by atomic mass is 32.1. The van der Waals surface area contributed by atoms with Crippen LogP contribution in [0.3, 0.4) is 0 Å². The number of thiol groups is 1. The maximum Gasteiger partial charge on any atom is 0.330 e. The highest BCUT2D eigenvalue weighted by molar-refractivity contribution is 7.81. The summed E-state index contributed by atoms with van der Waals surface area (Å²) in [5.41, 5.74) is 0.203. The molecule has 0 aliphatic carbocycles. The molecule has 0 aromatic rings. The molecule has 58 valence electrons. The Hall–Kier alpha value is -0.480. The molecule has 0 saturated heterocycles. The molecule has 4 heteroatoms. The van der Waals surface area contributed by atoms with E-state index in [9.17, 15) is 4.79 Å². The fourth-order valence-corrected chi connectivity index (χ4v) is 0.636. The summed E-state index contributed by atoms with van der Waals surface area (Å²) in [5.74, 6) is -0.979. The average Bonchev–Trinajstić information content (AvgIpc) is 1.87. The van der Waals surface area contributed by atoms with Gasteiger partial charge in [0.1, 0.15) is 0 Å². The lowest BCUT2D eigenvalue weighted by Crippen LogP contribution is -2.05. The van der Waals surface area contributed by atoms with Crippen molar-refractivity contribution in [2.24, 2.45) is 0 Å². The van der Waals surface area contributed by atoms with E-state index in [-0.39, 0.29) is 17.4 Å². The van der Waals surface area contributed by atoms with Crippen LogP contribution >= 0.6 is 12.6 Å². The minimum Gasteiger partial charge on any atom is -0.478 e. The molecule has 0 aromatic heterocycles. The van der Waals surface area contributed by atoms with Crippen LogP contribution < -0.4 is 0 Å². The highest BCUT2D eigenvalue weighted by Gasteiger charge is 2.02. The van der Waals surface area contributed by atoms with Crippen LogP contribution in [-0.2, 0) is 4.79 Å². The molecule has 0 aliphatic rings. The van der Waals surface area contributed by atoms with E-state index in [1.165, 1.54) is 13.0 Å². The maximum absolute atomic E-state index is 10.2. The van der Waals surface area contributed by atoms with Crippen LogP contribution in [0.1, 0.15) is 6.92 Å². The van der Waals surface area contributed by atoms with Crippen molar-refractivity contribution in [1.82, 2.24) is 0 Å². The van der Waals surface area contributed by atoms with E-state index in [1.54, 1.807) is 0 Å². The van der Waals surface area contributed by atoms with E-state index in [1.807, 2.05) is 0 Å². The van der Waals surface area contributed by atoms with Crippen LogP contribution in [0.15, 0.2) is 11.6 Å². The van der Waals surface area contributed by atoms with Crippen molar-refractivity contribution in [3.8, 4) is 0 Å². The molecular formula is C6H10O3S. The van der Waals surface area contributed by atoms with Gasteiger partial charge in [-0.1, -0.05) is 6.08 Å². The summed E-state index contributed by atoms with van der Waals surface area (Å²) in [4.78, 5) is 10.2. The Balaban J connectivity index is 4.02. The summed E-state index contributed by atoms with van der Waals surface area (Å²) in [6, 6.07) is 0. The summed E-state index contributed by atoms with van der Waals surface area (Å²) < 4.78 is 0.